The van der Waals surface area contributed by atoms with Gasteiger partial charge < -0.3 is 9.47 Å². The molecule has 0 aliphatic heterocycles. The molecule has 0 spiro atoms. The first-order chi connectivity index (χ1) is 13.0. The fourth-order valence-electron chi connectivity index (χ4n) is 2.47. The maximum absolute atomic E-state index is 12.2. The highest BCUT2D eigenvalue weighted by atomic mass is 16.5. The highest BCUT2D eigenvalue weighted by Crippen LogP contribution is 2.19. The van der Waals surface area contributed by atoms with E-state index in [9.17, 15) is 4.79 Å². The molecule has 4 nitrogen and oxygen atoms in total. The number of benzene rings is 3. The molecule has 4 heteroatoms. The van der Waals surface area contributed by atoms with Crippen LogP contribution in [0.4, 0.5) is 5.69 Å². The van der Waals surface area contributed by atoms with Gasteiger partial charge in [-0.05, 0) is 91.2 Å². The molecule has 3 aromatic carbocycles. The third kappa shape index (κ3) is 4.82. The van der Waals surface area contributed by atoms with Crippen molar-refractivity contribution in [1.82, 2.24) is 0 Å². The van der Waals surface area contributed by atoms with Gasteiger partial charge in [0.1, 0.15) is 11.5 Å². The van der Waals surface area contributed by atoms with Crippen LogP contribution in [0.1, 0.15) is 27.0 Å². The number of aliphatic imine (C=N–C) groups is 1. The van der Waals surface area contributed by atoms with Crippen LogP contribution in [-0.2, 0) is 0 Å². The summed E-state index contributed by atoms with van der Waals surface area (Å²) in [5.74, 6) is 0.771. The van der Waals surface area contributed by atoms with Crippen LogP contribution < -0.4 is 9.47 Å². The summed E-state index contributed by atoms with van der Waals surface area (Å²) in [6, 6.07) is 20.1. The van der Waals surface area contributed by atoms with Crippen LogP contribution in [0.5, 0.6) is 11.5 Å². The van der Waals surface area contributed by atoms with Crippen molar-refractivity contribution >= 4 is 17.9 Å². The quantitative estimate of drug-likeness (QED) is 0.354. The first kappa shape index (κ1) is 18.4. The summed E-state index contributed by atoms with van der Waals surface area (Å²) in [5.41, 5.74) is 4.77. The molecule has 0 bridgehead atoms. The molecule has 0 aliphatic rings. The minimum atomic E-state index is -0.408. The van der Waals surface area contributed by atoms with E-state index < -0.39 is 5.97 Å². The van der Waals surface area contributed by atoms with E-state index in [1.165, 1.54) is 11.1 Å². The number of hydrogen-bond donors (Lipinski definition) is 0. The molecular formula is C23H21NO3. The minimum absolute atomic E-state index is 0.408. The molecule has 136 valence electrons. The number of hydrogen-bond acceptors (Lipinski definition) is 4. The van der Waals surface area contributed by atoms with Gasteiger partial charge in [-0.15, -0.1) is 0 Å². The van der Waals surface area contributed by atoms with E-state index in [1.54, 1.807) is 49.7 Å². The van der Waals surface area contributed by atoms with Gasteiger partial charge >= 0.3 is 5.97 Å². The van der Waals surface area contributed by atoms with Crippen molar-refractivity contribution in [3.8, 4) is 11.5 Å². The predicted octanol–water partition coefficient (Wildman–Crippen LogP) is 5.28. The average molecular weight is 359 g/mol. The lowest BCUT2D eigenvalue weighted by molar-refractivity contribution is 0.0734. The number of nitrogens with zero attached hydrogens (tertiary/aromatic N) is 1. The number of carbonyl (C=O) groups is 1. The van der Waals surface area contributed by atoms with Gasteiger partial charge in [-0.3, -0.25) is 4.99 Å². The van der Waals surface area contributed by atoms with Gasteiger partial charge in [0.05, 0.1) is 18.4 Å². The zero-order chi connectivity index (χ0) is 19.2. The van der Waals surface area contributed by atoms with E-state index in [4.69, 9.17) is 9.47 Å². The molecule has 0 fully saturated rings. The van der Waals surface area contributed by atoms with Crippen LogP contribution in [0.15, 0.2) is 71.7 Å². The number of methoxy groups -OCH3 is 1. The third-order valence-electron chi connectivity index (χ3n) is 4.27. The zero-order valence-corrected chi connectivity index (χ0v) is 15.6. The number of aryl methyl sites for hydroxylation is 2. The maximum Gasteiger partial charge on any atom is 0.343 e. The predicted molar refractivity (Wildman–Crippen MR) is 108 cm³/mol. The molecule has 0 aromatic heterocycles. The van der Waals surface area contributed by atoms with Crippen molar-refractivity contribution < 1.29 is 14.3 Å². The Labute approximate surface area is 159 Å². The van der Waals surface area contributed by atoms with Crippen molar-refractivity contribution in [3.63, 3.8) is 0 Å². The first-order valence-corrected chi connectivity index (χ1v) is 8.63. The van der Waals surface area contributed by atoms with Crippen LogP contribution >= 0.6 is 0 Å². The van der Waals surface area contributed by atoms with Gasteiger partial charge in [0.15, 0.2) is 0 Å². The Morgan fingerprint density at radius 3 is 2.15 bits per heavy atom. The van der Waals surface area contributed by atoms with E-state index in [1.807, 2.05) is 18.2 Å². The smallest absolute Gasteiger partial charge is 0.343 e. The monoisotopic (exact) mass is 359 g/mol. The van der Waals surface area contributed by atoms with Crippen molar-refractivity contribution in [3.05, 3.63) is 89.0 Å². The van der Waals surface area contributed by atoms with Gasteiger partial charge in [-0.25, -0.2) is 4.79 Å². The Balaban J connectivity index is 1.64. The molecule has 0 N–H and O–H groups in total. The van der Waals surface area contributed by atoms with Gasteiger partial charge in [0.2, 0.25) is 0 Å². The molecule has 0 aliphatic carbocycles. The summed E-state index contributed by atoms with van der Waals surface area (Å²) in [6.45, 7) is 4.15. The summed E-state index contributed by atoms with van der Waals surface area (Å²) >= 11 is 0. The van der Waals surface area contributed by atoms with Gasteiger partial charge in [0, 0.05) is 6.21 Å². The van der Waals surface area contributed by atoms with Crippen LogP contribution in [0.3, 0.4) is 0 Å². The third-order valence-corrected chi connectivity index (χ3v) is 4.27. The second-order valence-corrected chi connectivity index (χ2v) is 6.21. The van der Waals surface area contributed by atoms with Gasteiger partial charge in [0.25, 0.3) is 0 Å². The van der Waals surface area contributed by atoms with Gasteiger partial charge in [-0.2, -0.15) is 0 Å². The molecule has 27 heavy (non-hydrogen) atoms. The van der Waals surface area contributed by atoms with E-state index >= 15 is 0 Å². The molecule has 0 heterocycles. The summed E-state index contributed by atoms with van der Waals surface area (Å²) < 4.78 is 10.5. The second-order valence-electron chi connectivity index (χ2n) is 6.21. The summed E-state index contributed by atoms with van der Waals surface area (Å²) in [6.07, 6.45) is 1.79. The van der Waals surface area contributed by atoms with E-state index in [2.05, 4.69) is 31.0 Å². The lowest BCUT2D eigenvalue weighted by Gasteiger charge is -2.05. The van der Waals surface area contributed by atoms with Crippen LogP contribution in [-0.4, -0.2) is 19.3 Å². The average Bonchev–Trinajstić information content (AvgIpc) is 2.70. The SMILES string of the molecule is COc1ccc(C(=O)Oc2ccc(C=Nc3ccc(C)c(C)c3)cc2)cc1. The molecule has 0 unspecified atom stereocenters. The fraction of sp³-hybridized carbons (Fsp3) is 0.130. The molecule has 3 rings (SSSR count). The molecule has 0 saturated heterocycles. The van der Waals surface area contributed by atoms with Crippen molar-refractivity contribution in [1.29, 1.82) is 0 Å². The molecule has 0 amide bonds. The van der Waals surface area contributed by atoms with Crippen LogP contribution in [0.2, 0.25) is 0 Å². The number of rotatable bonds is 5. The normalized spacial score (nSPS) is 10.8. The van der Waals surface area contributed by atoms with E-state index in [0.29, 0.717) is 17.1 Å². The van der Waals surface area contributed by atoms with Crippen LogP contribution in [0.25, 0.3) is 0 Å². The fourth-order valence-corrected chi connectivity index (χ4v) is 2.47. The number of carbonyl (C=O) groups excluding carboxylic acids is 1. The number of esters is 1. The Hall–Kier alpha value is -3.40. The highest BCUT2D eigenvalue weighted by Gasteiger charge is 2.08. The summed E-state index contributed by atoms with van der Waals surface area (Å²) in [7, 11) is 1.58. The molecule has 3 aromatic rings. The van der Waals surface area contributed by atoms with Crippen molar-refractivity contribution in [2.75, 3.05) is 7.11 Å². The number of ether oxygens (including phenoxy) is 2. The highest BCUT2D eigenvalue weighted by molar-refractivity contribution is 5.91. The molecule has 0 radical (unpaired) electrons. The minimum Gasteiger partial charge on any atom is -0.497 e. The zero-order valence-electron chi connectivity index (χ0n) is 15.6. The molecule has 0 saturated carbocycles. The van der Waals surface area contributed by atoms with E-state index in [-0.39, 0.29) is 0 Å². The van der Waals surface area contributed by atoms with Crippen LogP contribution in [0, 0.1) is 13.8 Å². The van der Waals surface area contributed by atoms with Crippen molar-refractivity contribution in [2.24, 2.45) is 4.99 Å². The largest absolute Gasteiger partial charge is 0.497 e. The Bertz CT molecular complexity index is 958. The summed E-state index contributed by atoms with van der Waals surface area (Å²) in [5, 5.41) is 0. The van der Waals surface area contributed by atoms with Crippen molar-refractivity contribution in [2.45, 2.75) is 13.8 Å². The molecule has 0 atom stereocenters. The standard InChI is InChI=1S/C23H21NO3/c1-16-4-9-20(14-17(16)2)24-15-18-5-10-22(11-6-18)27-23(25)19-7-12-21(26-3)13-8-19/h4-15H,1-3H3. The lowest BCUT2D eigenvalue weighted by atomic mass is 10.1. The first-order valence-electron chi connectivity index (χ1n) is 8.63. The lowest BCUT2D eigenvalue weighted by Crippen LogP contribution is -2.08. The Kier molecular flexibility index (Phi) is 5.67. The Morgan fingerprint density at radius 2 is 1.52 bits per heavy atom. The summed E-state index contributed by atoms with van der Waals surface area (Å²) in [4.78, 5) is 16.7. The maximum atomic E-state index is 12.2. The van der Waals surface area contributed by atoms with E-state index in [0.717, 1.165) is 11.3 Å². The molecular weight excluding hydrogens is 338 g/mol. The Morgan fingerprint density at radius 1 is 0.852 bits per heavy atom. The second kappa shape index (κ2) is 8.32. The topological polar surface area (TPSA) is 47.9 Å². The van der Waals surface area contributed by atoms with Gasteiger partial charge in [-0.1, -0.05) is 6.07 Å².